The number of carbonyl (C=O) groups is 2. The Bertz CT molecular complexity index is 829. The van der Waals surface area contributed by atoms with E-state index >= 15 is 0 Å². The predicted octanol–water partition coefficient (Wildman–Crippen LogP) is 2.40. The van der Waals surface area contributed by atoms with E-state index in [1.807, 2.05) is 6.92 Å². The fourth-order valence-electron chi connectivity index (χ4n) is 3.13. The van der Waals surface area contributed by atoms with Gasteiger partial charge in [-0.2, -0.15) is 5.10 Å². The van der Waals surface area contributed by atoms with Crippen molar-refractivity contribution >= 4 is 11.9 Å². The lowest BCUT2D eigenvalue weighted by molar-refractivity contribution is -0.137. The Morgan fingerprint density at radius 2 is 2.16 bits per heavy atom. The quantitative estimate of drug-likeness (QED) is 0.788. The third kappa shape index (κ3) is 3.55. The van der Waals surface area contributed by atoms with E-state index in [1.165, 1.54) is 10.7 Å². The molecule has 2 aromatic rings. The molecule has 6 nitrogen and oxygen atoms in total. The Kier molecular flexibility index (Phi) is 4.83. The van der Waals surface area contributed by atoms with Gasteiger partial charge in [-0.05, 0) is 50.3 Å². The van der Waals surface area contributed by atoms with Gasteiger partial charge in [-0.15, -0.1) is 0 Å². The van der Waals surface area contributed by atoms with Gasteiger partial charge in [0, 0.05) is 24.2 Å². The molecule has 0 saturated heterocycles. The molecule has 0 atom stereocenters. The van der Waals surface area contributed by atoms with Crippen LogP contribution in [0.5, 0.6) is 0 Å². The summed E-state index contributed by atoms with van der Waals surface area (Å²) in [7, 11) is 0. The van der Waals surface area contributed by atoms with Crippen LogP contribution in [0.3, 0.4) is 0 Å². The number of carbonyl (C=O) groups excluding carboxylic acids is 1. The van der Waals surface area contributed by atoms with Gasteiger partial charge in [-0.3, -0.25) is 9.59 Å². The maximum Gasteiger partial charge on any atom is 0.303 e. The van der Waals surface area contributed by atoms with Crippen LogP contribution in [0.2, 0.25) is 0 Å². The molecule has 0 saturated carbocycles. The van der Waals surface area contributed by atoms with E-state index in [1.54, 1.807) is 12.1 Å². The van der Waals surface area contributed by atoms with Gasteiger partial charge in [-0.25, -0.2) is 9.07 Å². The fourth-order valence-corrected chi connectivity index (χ4v) is 3.13. The molecule has 0 unspecified atom stereocenters. The SMILES string of the molecule is Cc1ccc(F)c(-n2nc(C(=O)NCCCC(=O)O)c3c2CCC3)c1. The van der Waals surface area contributed by atoms with Crippen molar-refractivity contribution in [2.24, 2.45) is 0 Å². The number of carboxylic acids is 1. The summed E-state index contributed by atoms with van der Waals surface area (Å²) in [5.74, 6) is -1.61. The minimum absolute atomic E-state index is 0.00132. The number of benzene rings is 1. The number of fused-ring (bicyclic) bond motifs is 1. The van der Waals surface area contributed by atoms with Crippen LogP contribution in [-0.4, -0.2) is 33.3 Å². The lowest BCUT2D eigenvalue weighted by Gasteiger charge is -2.08. The lowest BCUT2D eigenvalue weighted by Crippen LogP contribution is -2.26. The number of carboxylic acid groups (broad SMARTS) is 1. The second-order valence-corrected chi connectivity index (χ2v) is 6.25. The maximum absolute atomic E-state index is 14.2. The van der Waals surface area contributed by atoms with E-state index < -0.39 is 5.97 Å². The number of aliphatic carboxylic acids is 1. The van der Waals surface area contributed by atoms with Crippen molar-refractivity contribution < 1.29 is 19.1 Å². The van der Waals surface area contributed by atoms with Crippen molar-refractivity contribution in [3.05, 3.63) is 46.5 Å². The molecule has 1 aromatic heterocycles. The number of hydrogen-bond acceptors (Lipinski definition) is 3. The number of halogens is 1. The lowest BCUT2D eigenvalue weighted by atomic mass is 10.2. The highest BCUT2D eigenvalue weighted by atomic mass is 19.1. The Hall–Kier alpha value is -2.70. The van der Waals surface area contributed by atoms with Gasteiger partial charge in [0.2, 0.25) is 0 Å². The first-order chi connectivity index (χ1) is 12.0. The molecule has 1 aromatic carbocycles. The van der Waals surface area contributed by atoms with Crippen molar-refractivity contribution in [2.45, 2.75) is 39.0 Å². The standard InChI is InChI=1S/C18H20FN3O3/c1-11-7-8-13(19)15(10-11)22-14-5-2-4-12(14)17(21-22)18(25)20-9-3-6-16(23)24/h7-8,10H,2-6,9H2,1H3,(H,20,25)(H,23,24). The van der Waals surface area contributed by atoms with Crippen LogP contribution in [-0.2, 0) is 17.6 Å². The minimum Gasteiger partial charge on any atom is -0.481 e. The van der Waals surface area contributed by atoms with Crippen LogP contribution in [0.25, 0.3) is 5.69 Å². The van der Waals surface area contributed by atoms with Crippen molar-refractivity contribution in [2.75, 3.05) is 6.54 Å². The summed E-state index contributed by atoms with van der Waals surface area (Å²) in [5.41, 5.74) is 3.31. The number of amides is 1. The molecular formula is C18H20FN3O3. The molecule has 3 rings (SSSR count). The summed E-state index contributed by atoms with van der Waals surface area (Å²) in [6, 6.07) is 4.81. The largest absolute Gasteiger partial charge is 0.481 e. The molecule has 0 aliphatic heterocycles. The van der Waals surface area contributed by atoms with Crippen LogP contribution in [0.4, 0.5) is 4.39 Å². The van der Waals surface area contributed by atoms with Crippen LogP contribution in [0.15, 0.2) is 18.2 Å². The van der Waals surface area contributed by atoms with E-state index in [9.17, 15) is 14.0 Å². The van der Waals surface area contributed by atoms with Gasteiger partial charge < -0.3 is 10.4 Å². The first-order valence-corrected chi connectivity index (χ1v) is 8.34. The van der Waals surface area contributed by atoms with Crippen molar-refractivity contribution in [3.63, 3.8) is 0 Å². The van der Waals surface area contributed by atoms with Crippen LogP contribution >= 0.6 is 0 Å². The molecular weight excluding hydrogens is 325 g/mol. The average Bonchev–Trinajstić information content (AvgIpc) is 3.16. The maximum atomic E-state index is 14.2. The Labute approximate surface area is 144 Å². The average molecular weight is 345 g/mol. The Balaban J connectivity index is 1.86. The number of nitrogens with one attached hydrogen (secondary N) is 1. The van der Waals surface area contributed by atoms with E-state index in [2.05, 4.69) is 10.4 Å². The summed E-state index contributed by atoms with van der Waals surface area (Å²) in [6.45, 7) is 2.15. The van der Waals surface area contributed by atoms with Gasteiger partial charge in [0.05, 0.1) is 0 Å². The molecule has 1 amide bonds. The van der Waals surface area contributed by atoms with Gasteiger partial charge in [0.15, 0.2) is 5.69 Å². The molecule has 0 radical (unpaired) electrons. The van der Waals surface area contributed by atoms with Gasteiger partial charge >= 0.3 is 5.97 Å². The summed E-state index contributed by atoms with van der Waals surface area (Å²) in [4.78, 5) is 22.9. The van der Waals surface area contributed by atoms with E-state index in [-0.39, 0.29) is 24.7 Å². The zero-order valence-electron chi connectivity index (χ0n) is 14.0. The molecule has 1 aliphatic rings. The zero-order valence-corrected chi connectivity index (χ0v) is 14.0. The molecule has 25 heavy (non-hydrogen) atoms. The minimum atomic E-state index is -0.894. The van der Waals surface area contributed by atoms with E-state index in [0.29, 0.717) is 17.8 Å². The number of aryl methyl sites for hydroxylation is 1. The topological polar surface area (TPSA) is 84.2 Å². The number of rotatable bonds is 6. The van der Waals surface area contributed by atoms with Crippen molar-refractivity contribution in [1.29, 1.82) is 0 Å². The van der Waals surface area contributed by atoms with Gasteiger partial charge in [0.25, 0.3) is 5.91 Å². The number of hydrogen-bond donors (Lipinski definition) is 2. The first kappa shape index (κ1) is 17.1. The van der Waals surface area contributed by atoms with Crippen LogP contribution < -0.4 is 5.32 Å². The highest BCUT2D eigenvalue weighted by Crippen LogP contribution is 2.29. The summed E-state index contributed by atoms with van der Waals surface area (Å²) in [6.07, 6.45) is 2.75. The highest BCUT2D eigenvalue weighted by Gasteiger charge is 2.27. The molecule has 0 bridgehead atoms. The summed E-state index contributed by atoms with van der Waals surface area (Å²) in [5, 5.41) is 15.7. The predicted molar refractivity (Wildman–Crippen MR) is 89.5 cm³/mol. The summed E-state index contributed by atoms with van der Waals surface area (Å²) < 4.78 is 15.8. The van der Waals surface area contributed by atoms with Crippen LogP contribution in [0, 0.1) is 12.7 Å². The molecule has 1 heterocycles. The molecule has 7 heteroatoms. The molecule has 132 valence electrons. The van der Waals surface area contributed by atoms with Gasteiger partial charge in [0.1, 0.15) is 11.5 Å². The smallest absolute Gasteiger partial charge is 0.303 e. The second-order valence-electron chi connectivity index (χ2n) is 6.25. The van der Waals surface area contributed by atoms with Gasteiger partial charge in [-0.1, -0.05) is 6.07 Å². The third-order valence-electron chi connectivity index (χ3n) is 4.33. The van der Waals surface area contributed by atoms with E-state index in [0.717, 1.165) is 36.1 Å². The third-order valence-corrected chi connectivity index (χ3v) is 4.33. The molecule has 2 N–H and O–H groups in total. The Morgan fingerprint density at radius 3 is 2.92 bits per heavy atom. The number of aromatic nitrogens is 2. The number of nitrogens with zero attached hydrogens (tertiary/aromatic N) is 2. The Morgan fingerprint density at radius 1 is 1.36 bits per heavy atom. The normalized spacial score (nSPS) is 12.9. The molecule has 1 aliphatic carbocycles. The monoisotopic (exact) mass is 345 g/mol. The first-order valence-electron chi connectivity index (χ1n) is 8.34. The molecule has 0 fully saturated rings. The zero-order chi connectivity index (χ0) is 18.0. The summed E-state index contributed by atoms with van der Waals surface area (Å²) >= 11 is 0. The molecule has 0 spiro atoms. The highest BCUT2D eigenvalue weighted by molar-refractivity contribution is 5.94. The van der Waals surface area contributed by atoms with E-state index in [4.69, 9.17) is 5.11 Å². The van der Waals surface area contributed by atoms with Crippen molar-refractivity contribution in [3.8, 4) is 5.69 Å². The second kappa shape index (κ2) is 7.04. The fraction of sp³-hybridized carbons (Fsp3) is 0.389. The van der Waals surface area contributed by atoms with Crippen molar-refractivity contribution in [1.82, 2.24) is 15.1 Å². The van der Waals surface area contributed by atoms with Crippen LogP contribution in [0.1, 0.15) is 46.6 Å².